The first kappa shape index (κ1) is 20.7. The molecule has 0 spiro atoms. The molecule has 0 fully saturated rings. The molecular formula is C19H19ClN2O4S2. The van der Waals surface area contributed by atoms with E-state index in [2.05, 4.69) is 10.6 Å². The first-order valence-electron chi connectivity index (χ1n) is 8.69. The summed E-state index contributed by atoms with van der Waals surface area (Å²) in [6.45, 7) is 1.93. The van der Waals surface area contributed by atoms with Gasteiger partial charge in [0.15, 0.2) is 9.84 Å². The number of benzene rings is 2. The number of rotatable bonds is 6. The van der Waals surface area contributed by atoms with Crippen molar-refractivity contribution in [2.24, 2.45) is 0 Å². The number of carbonyl (C=O) groups excluding carboxylic acids is 2. The summed E-state index contributed by atoms with van der Waals surface area (Å²) >= 11 is 7.41. The molecule has 2 N–H and O–H groups in total. The van der Waals surface area contributed by atoms with E-state index in [9.17, 15) is 18.0 Å². The van der Waals surface area contributed by atoms with E-state index in [-0.39, 0.29) is 28.2 Å². The van der Waals surface area contributed by atoms with Crippen molar-refractivity contribution < 1.29 is 18.0 Å². The van der Waals surface area contributed by atoms with E-state index < -0.39 is 15.7 Å². The molecule has 0 saturated carbocycles. The fourth-order valence-corrected chi connectivity index (χ4v) is 5.18. The van der Waals surface area contributed by atoms with Crippen LogP contribution in [0.5, 0.6) is 0 Å². The summed E-state index contributed by atoms with van der Waals surface area (Å²) in [6, 6.07) is 11.4. The minimum Gasteiger partial charge on any atom is -0.325 e. The summed E-state index contributed by atoms with van der Waals surface area (Å²) < 4.78 is 25.2. The van der Waals surface area contributed by atoms with Crippen molar-refractivity contribution in [1.82, 2.24) is 0 Å². The van der Waals surface area contributed by atoms with E-state index in [0.29, 0.717) is 22.8 Å². The van der Waals surface area contributed by atoms with Gasteiger partial charge in [-0.3, -0.25) is 9.59 Å². The van der Waals surface area contributed by atoms with Gasteiger partial charge in [0.05, 0.1) is 32.3 Å². The van der Waals surface area contributed by atoms with Gasteiger partial charge in [0.2, 0.25) is 11.8 Å². The molecule has 1 aliphatic rings. The predicted molar refractivity (Wildman–Crippen MR) is 112 cm³/mol. The Balaban J connectivity index is 1.68. The van der Waals surface area contributed by atoms with Gasteiger partial charge in [0.1, 0.15) is 0 Å². The zero-order valence-corrected chi connectivity index (χ0v) is 17.5. The van der Waals surface area contributed by atoms with Crippen LogP contribution in [0.15, 0.2) is 52.3 Å². The third kappa shape index (κ3) is 4.68. The van der Waals surface area contributed by atoms with Crippen molar-refractivity contribution >= 4 is 56.4 Å². The van der Waals surface area contributed by atoms with E-state index in [0.717, 1.165) is 4.90 Å². The van der Waals surface area contributed by atoms with E-state index in [4.69, 9.17) is 11.6 Å². The van der Waals surface area contributed by atoms with E-state index in [1.54, 1.807) is 30.3 Å². The standard InChI is InChI=1S/C19H19ClN2O4S2/c1-2-16-19(24)22-15-11-12(7-8-17(15)27-16)28(25,26)10-9-18(23)21-14-6-4-3-5-13(14)20/h3-8,11,16H,2,9-10H2,1H3,(H,21,23)(H,22,24)/t16-/m0/s1. The Bertz CT molecular complexity index is 1020. The van der Waals surface area contributed by atoms with Gasteiger partial charge >= 0.3 is 0 Å². The zero-order chi connectivity index (χ0) is 20.3. The number of hydrogen-bond donors (Lipinski definition) is 2. The number of hydrogen-bond acceptors (Lipinski definition) is 5. The molecule has 0 aliphatic carbocycles. The first-order chi connectivity index (χ1) is 13.3. The highest BCUT2D eigenvalue weighted by Crippen LogP contribution is 2.38. The average Bonchev–Trinajstić information content (AvgIpc) is 2.67. The van der Waals surface area contributed by atoms with E-state index >= 15 is 0 Å². The fourth-order valence-electron chi connectivity index (χ4n) is 2.71. The number of para-hydroxylation sites is 1. The van der Waals surface area contributed by atoms with Crippen LogP contribution in [0.25, 0.3) is 0 Å². The van der Waals surface area contributed by atoms with Crippen LogP contribution < -0.4 is 10.6 Å². The number of amides is 2. The normalized spacial score (nSPS) is 16.2. The van der Waals surface area contributed by atoms with Crippen molar-refractivity contribution in [3.05, 3.63) is 47.5 Å². The molecule has 3 rings (SSSR count). The van der Waals surface area contributed by atoms with Crippen molar-refractivity contribution in [2.45, 2.75) is 34.8 Å². The highest BCUT2D eigenvalue weighted by Gasteiger charge is 2.27. The Morgan fingerprint density at radius 3 is 2.71 bits per heavy atom. The van der Waals surface area contributed by atoms with Crippen LogP contribution in [0.2, 0.25) is 5.02 Å². The summed E-state index contributed by atoms with van der Waals surface area (Å²) in [5.74, 6) is -0.918. The molecule has 1 aliphatic heterocycles. The lowest BCUT2D eigenvalue weighted by Gasteiger charge is -2.23. The molecule has 1 heterocycles. The third-order valence-corrected chi connectivity index (χ3v) is 7.73. The molecule has 9 heteroatoms. The Labute approximate surface area is 173 Å². The quantitative estimate of drug-likeness (QED) is 0.712. The van der Waals surface area contributed by atoms with Gasteiger partial charge in [-0.1, -0.05) is 30.7 Å². The number of sulfone groups is 1. The summed E-state index contributed by atoms with van der Waals surface area (Å²) in [7, 11) is -3.68. The largest absolute Gasteiger partial charge is 0.325 e. The number of fused-ring (bicyclic) bond motifs is 1. The molecule has 1 atom stereocenters. The maximum Gasteiger partial charge on any atom is 0.237 e. The smallest absolute Gasteiger partial charge is 0.237 e. The lowest BCUT2D eigenvalue weighted by atomic mass is 10.2. The number of thioether (sulfide) groups is 1. The van der Waals surface area contributed by atoms with Crippen LogP contribution in [0.3, 0.4) is 0 Å². The predicted octanol–water partition coefficient (Wildman–Crippen LogP) is 3.97. The lowest BCUT2D eigenvalue weighted by molar-refractivity contribution is -0.116. The molecule has 0 unspecified atom stereocenters. The van der Waals surface area contributed by atoms with Crippen LogP contribution in [0.4, 0.5) is 11.4 Å². The first-order valence-corrected chi connectivity index (χ1v) is 11.6. The van der Waals surface area contributed by atoms with Crippen molar-refractivity contribution in [1.29, 1.82) is 0 Å². The van der Waals surface area contributed by atoms with Gasteiger partial charge in [0.25, 0.3) is 0 Å². The Morgan fingerprint density at radius 1 is 1.25 bits per heavy atom. The van der Waals surface area contributed by atoms with Gasteiger partial charge in [-0.2, -0.15) is 0 Å². The van der Waals surface area contributed by atoms with Crippen molar-refractivity contribution in [3.63, 3.8) is 0 Å². The number of carbonyl (C=O) groups is 2. The Morgan fingerprint density at radius 2 is 2.00 bits per heavy atom. The molecule has 2 amide bonds. The SMILES string of the molecule is CC[C@@H]1Sc2ccc(S(=O)(=O)CCC(=O)Nc3ccccc3Cl)cc2NC1=O. The summed E-state index contributed by atoms with van der Waals surface area (Å²) in [4.78, 5) is 25.0. The monoisotopic (exact) mass is 438 g/mol. The van der Waals surface area contributed by atoms with Crippen LogP contribution in [0, 0.1) is 0 Å². The second-order valence-corrected chi connectivity index (χ2v) is 10.0. The van der Waals surface area contributed by atoms with Crippen LogP contribution >= 0.6 is 23.4 Å². The molecule has 28 heavy (non-hydrogen) atoms. The van der Waals surface area contributed by atoms with E-state index in [1.807, 2.05) is 6.92 Å². The van der Waals surface area contributed by atoms with Gasteiger partial charge in [-0.25, -0.2) is 8.42 Å². The van der Waals surface area contributed by atoms with Crippen LogP contribution in [-0.2, 0) is 19.4 Å². The molecule has 148 valence electrons. The van der Waals surface area contributed by atoms with Gasteiger partial charge in [-0.15, -0.1) is 11.8 Å². The molecule has 0 saturated heterocycles. The summed E-state index contributed by atoms with van der Waals surface area (Å²) in [5.41, 5.74) is 0.923. The minimum absolute atomic E-state index is 0.0765. The molecule has 2 aromatic carbocycles. The maximum absolute atomic E-state index is 12.6. The number of anilines is 2. The maximum atomic E-state index is 12.6. The molecular weight excluding hydrogens is 420 g/mol. The molecule has 2 aromatic rings. The number of halogens is 1. The molecule has 6 nitrogen and oxygen atoms in total. The second kappa shape index (κ2) is 8.55. The molecule has 0 bridgehead atoms. The van der Waals surface area contributed by atoms with Crippen molar-refractivity contribution in [2.75, 3.05) is 16.4 Å². The summed E-state index contributed by atoms with van der Waals surface area (Å²) in [6.07, 6.45) is 0.486. The Kier molecular flexibility index (Phi) is 6.32. The number of nitrogens with one attached hydrogen (secondary N) is 2. The fraction of sp³-hybridized carbons (Fsp3) is 0.263. The van der Waals surface area contributed by atoms with Gasteiger partial charge in [0, 0.05) is 11.3 Å². The van der Waals surface area contributed by atoms with Crippen molar-refractivity contribution in [3.8, 4) is 0 Å². The summed E-state index contributed by atoms with van der Waals surface area (Å²) in [5, 5.41) is 5.57. The average molecular weight is 439 g/mol. The van der Waals surface area contributed by atoms with E-state index in [1.165, 1.54) is 23.9 Å². The van der Waals surface area contributed by atoms with Gasteiger partial charge < -0.3 is 10.6 Å². The highest BCUT2D eigenvalue weighted by molar-refractivity contribution is 8.01. The molecule has 0 radical (unpaired) electrons. The van der Waals surface area contributed by atoms with Crippen LogP contribution in [-0.4, -0.2) is 31.2 Å². The van der Waals surface area contributed by atoms with Gasteiger partial charge in [-0.05, 0) is 36.8 Å². The Hall–Kier alpha value is -2.03. The highest BCUT2D eigenvalue weighted by atomic mass is 35.5. The third-order valence-electron chi connectivity index (χ3n) is 4.25. The zero-order valence-electron chi connectivity index (χ0n) is 15.1. The second-order valence-electron chi connectivity index (χ2n) is 6.26. The minimum atomic E-state index is -3.68. The molecule has 0 aromatic heterocycles. The topological polar surface area (TPSA) is 92.3 Å². The lowest BCUT2D eigenvalue weighted by Crippen LogP contribution is -2.28. The van der Waals surface area contributed by atoms with Crippen LogP contribution in [0.1, 0.15) is 19.8 Å².